The van der Waals surface area contributed by atoms with Gasteiger partial charge in [0.05, 0.1) is 4.90 Å². The number of hydrogen-bond acceptors (Lipinski definition) is 4. The first-order valence-corrected chi connectivity index (χ1v) is 8.58. The lowest BCUT2D eigenvalue weighted by molar-refractivity contribution is -0.121. The Balaban J connectivity index is 2.16. The number of carbonyl (C=O) groups is 2. The highest BCUT2D eigenvalue weighted by Crippen LogP contribution is 2.21. The highest BCUT2D eigenvalue weighted by atomic mass is 32.2. The molecule has 22 heavy (non-hydrogen) atoms. The van der Waals surface area contributed by atoms with Crippen molar-refractivity contribution in [1.29, 1.82) is 0 Å². The van der Waals surface area contributed by atoms with Crippen LogP contribution in [0, 0.1) is 0 Å². The number of rotatable bonds is 4. The quantitative estimate of drug-likeness (QED) is 0.794. The molecule has 0 aliphatic carbocycles. The molecule has 1 aromatic rings. The third-order valence-corrected chi connectivity index (χ3v) is 5.33. The summed E-state index contributed by atoms with van der Waals surface area (Å²) < 4.78 is 26.3. The third kappa shape index (κ3) is 3.63. The first-order chi connectivity index (χ1) is 10.4. The molecule has 8 heteroatoms. The molecule has 0 aromatic heterocycles. The lowest BCUT2D eigenvalue weighted by Crippen LogP contribution is -2.41. The Morgan fingerprint density at radius 3 is 2.50 bits per heavy atom. The highest BCUT2D eigenvalue weighted by Gasteiger charge is 2.27. The molecular weight excluding hydrogens is 306 g/mol. The van der Waals surface area contributed by atoms with Gasteiger partial charge in [-0.3, -0.25) is 20.4 Å². The standard InChI is InChI=1S/C14H19N3O4S/c1-2-13(18)15-16-14(19)11-6-5-7-12(10-11)22(20,21)17-8-3-4-9-17/h5-7,10H,2-4,8-9H2,1H3,(H,15,18)(H,16,19). The van der Waals surface area contributed by atoms with Crippen molar-refractivity contribution in [3.63, 3.8) is 0 Å². The molecule has 1 saturated heterocycles. The molecule has 1 heterocycles. The Bertz CT molecular complexity index is 666. The zero-order valence-electron chi connectivity index (χ0n) is 12.3. The predicted octanol–water partition coefficient (Wildman–Crippen LogP) is 0.642. The van der Waals surface area contributed by atoms with Crippen molar-refractivity contribution in [1.82, 2.24) is 15.2 Å². The second-order valence-electron chi connectivity index (χ2n) is 4.99. The fourth-order valence-corrected chi connectivity index (χ4v) is 3.73. The van der Waals surface area contributed by atoms with Crippen LogP contribution in [0.5, 0.6) is 0 Å². The Morgan fingerprint density at radius 2 is 1.86 bits per heavy atom. The number of benzene rings is 1. The molecule has 2 rings (SSSR count). The van der Waals surface area contributed by atoms with Crippen LogP contribution in [0.4, 0.5) is 0 Å². The largest absolute Gasteiger partial charge is 0.273 e. The number of hydrazine groups is 1. The normalized spacial score (nSPS) is 15.5. The molecule has 7 nitrogen and oxygen atoms in total. The Morgan fingerprint density at radius 1 is 1.18 bits per heavy atom. The number of hydrogen-bond donors (Lipinski definition) is 2. The molecule has 1 aromatic carbocycles. The van der Waals surface area contributed by atoms with E-state index in [0.29, 0.717) is 13.1 Å². The van der Waals surface area contributed by atoms with Crippen molar-refractivity contribution in [2.24, 2.45) is 0 Å². The van der Waals surface area contributed by atoms with E-state index < -0.39 is 15.9 Å². The predicted molar refractivity (Wildman–Crippen MR) is 80.3 cm³/mol. The van der Waals surface area contributed by atoms with E-state index in [2.05, 4.69) is 10.9 Å². The maximum atomic E-state index is 12.4. The molecule has 1 aliphatic heterocycles. The number of amides is 2. The van der Waals surface area contributed by atoms with E-state index in [1.54, 1.807) is 6.92 Å². The van der Waals surface area contributed by atoms with E-state index in [4.69, 9.17) is 0 Å². The van der Waals surface area contributed by atoms with Gasteiger partial charge in [-0.1, -0.05) is 13.0 Å². The first kappa shape index (κ1) is 16.4. The average Bonchev–Trinajstić information content (AvgIpc) is 3.07. The van der Waals surface area contributed by atoms with Gasteiger partial charge in [0.25, 0.3) is 5.91 Å². The van der Waals surface area contributed by atoms with Gasteiger partial charge in [-0.05, 0) is 31.0 Å². The van der Waals surface area contributed by atoms with Gasteiger partial charge in [0, 0.05) is 25.1 Å². The van der Waals surface area contributed by atoms with E-state index in [9.17, 15) is 18.0 Å². The van der Waals surface area contributed by atoms with Crippen LogP contribution in [0.2, 0.25) is 0 Å². The maximum Gasteiger partial charge on any atom is 0.269 e. The lowest BCUT2D eigenvalue weighted by atomic mass is 10.2. The third-order valence-electron chi connectivity index (χ3n) is 3.44. The summed E-state index contributed by atoms with van der Waals surface area (Å²) >= 11 is 0. The van der Waals surface area contributed by atoms with Gasteiger partial charge in [0.15, 0.2) is 0 Å². The summed E-state index contributed by atoms with van der Waals surface area (Å²) in [5, 5.41) is 0. The Kier molecular flexibility index (Phi) is 5.15. The van der Waals surface area contributed by atoms with Crippen LogP contribution in [0.1, 0.15) is 36.5 Å². The van der Waals surface area contributed by atoms with Gasteiger partial charge in [-0.2, -0.15) is 4.31 Å². The van der Waals surface area contributed by atoms with E-state index in [0.717, 1.165) is 12.8 Å². The van der Waals surface area contributed by atoms with Crippen molar-refractivity contribution < 1.29 is 18.0 Å². The maximum absolute atomic E-state index is 12.4. The average molecular weight is 325 g/mol. The van der Waals surface area contributed by atoms with Crippen LogP contribution in [0.3, 0.4) is 0 Å². The summed E-state index contributed by atoms with van der Waals surface area (Å²) in [6.07, 6.45) is 1.94. The zero-order chi connectivity index (χ0) is 16.2. The molecule has 0 radical (unpaired) electrons. The van der Waals surface area contributed by atoms with Gasteiger partial charge >= 0.3 is 0 Å². The summed E-state index contributed by atoms with van der Waals surface area (Å²) in [6, 6.07) is 5.80. The van der Waals surface area contributed by atoms with Crippen LogP contribution >= 0.6 is 0 Å². The lowest BCUT2D eigenvalue weighted by Gasteiger charge is -2.16. The number of sulfonamides is 1. The minimum atomic E-state index is -3.56. The summed E-state index contributed by atoms with van der Waals surface area (Å²) in [5.74, 6) is -0.880. The molecule has 0 bridgehead atoms. The molecule has 0 unspecified atom stereocenters. The second kappa shape index (κ2) is 6.89. The number of nitrogens with zero attached hydrogens (tertiary/aromatic N) is 1. The van der Waals surface area contributed by atoms with Crippen molar-refractivity contribution in [2.75, 3.05) is 13.1 Å². The fraction of sp³-hybridized carbons (Fsp3) is 0.429. The Hall–Kier alpha value is -1.93. The van der Waals surface area contributed by atoms with Gasteiger partial charge in [-0.15, -0.1) is 0 Å². The Labute approximate surface area is 129 Å². The molecule has 120 valence electrons. The number of carbonyl (C=O) groups excluding carboxylic acids is 2. The molecule has 0 spiro atoms. The van der Waals surface area contributed by atoms with E-state index >= 15 is 0 Å². The zero-order valence-corrected chi connectivity index (χ0v) is 13.1. The van der Waals surface area contributed by atoms with Crippen LogP contribution in [-0.2, 0) is 14.8 Å². The van der Waals surface area contributed by atoms with Crippen LogP contribution in [-0.4, -0.2) is 37.6 Å². The molecule has 2 N–H and O–H groups in total. The number of nitrogens with one attached hydrogen (secondary N) is 2. The van der Waals surface area contributed by atoms with Crippen molar-refractivity contribution in [2.45, 2.75) is 31.1 Å². The van der Waals surface area contributed by atoms with E-state index in [-0.39, 0.29) is 22.8 Å². The monoisotopic (exact) mass is 325 g/mol. The van der Waals surface area contributed by atoms with Gasteiger partial charge in [0.1, 0.15) is 0 Å². The van der Waals surface area contributed by atoms with Crippen LogP contribution < -0.4 is 10.9 Å². The van der Waals surface area contributed by atoms with Crippen LogP contribution in [0.25, 0.3) is 0 Å². The molecule has 0 saturated carbocycles. The fourth-order valence-electron chi connectivity index (χ4n) is 2.16. The molecule has 1 aliphatic rings. The SMILES string of the molecule is CCC(=O)NNC(=O)c1cccc(S(=O)(=O)N2CCCC2)c1. The van der Waals surface area contributed by atoms with Crippen LogP contribution in [0.15, 0.2) is 29.2 Å². The van der Waals surface area contributed by atoms with E-state index in [1.165, 1.54) is 28.6 Å². The topological polar surface area (TPSA) is 95.6 Å². The van der Waals surface area contributed by atoms with Gasteiger partial charge in [-0.25, -0.2) is 8.42 Å². The molecule has 1 fully saturated rings. The molecule has 2 amide bonds. The minimum absolute atomic E-state index is 0.0869. The molecular formula is C14H19N3O4S. The summed E-state index contributed by atoms with van der Waals surface area (Å²) in [7, 11) is -3.56. The second-order valence-corrected chi connectivity index (χ2v) is 6.93. The molecule has 0 atom stereocenters. The minimum Gasteiger partial charge on any atom is -0.273 e. The van der Waals surface area contributed by atoms with Crippen molar-refractivity contribution in [3.05, 3.63) is 29.8 Å². The summed E-state index contributed by atoms with van der Waals surface area (Å²) in [4.78, 5) is 23.1. The summed E-state index contributed by atoms with van der Waals surface area (Å²) in [5.41, 5.74) is 4.67. The summed E-state index contributed by atoms with van der Waals surface area (Å²) in [6.45, 7) is 2.67. The van der Waals surface area contributed by atoms with Gasteiger partial charge < -0.3 is 0 Å². The van der Waals surface area contributed by atoms with E-state index in [1.807, 2.05) is 0 Å². The van der Waals surface area contributed by atoms with Crippen molar-refractivity contribution in [3.8, 4) is 0 Å². The first-order valence-electron chi connectivity index (χ1n) is 7.14. The highest BCUT2D eigenvalue weighted by molar-refractivity contribution is 7.89. The van der Waals surface area contributed by atoms with Gasteiger partial charge in [0.2, 0.25) is 15.9 Å². The smallest absolute Gasteiger partial charge is 0.269 e. The van der Waals surface area contributed by atoms with Crippen molar-refractivity contribution >= 4 is 21.8 Å².